The molecule has 26 nitrogen and oxygen atoms in total. The molecule has 0 rings (SSSR count). The Morgan fingerprint density at radius 1 is 0.452 bits per heavy atom. The molecule has 416 valence electrons. The second-order valence-corrected chi connectivity index (χ2v) is 19.6. The molecule has 0 saturated carbocycles. The van der Waals surface area contributed by atoms with Gasteiger partial charge in [-0.2, -0.15) is 0 Å². The van der Waals surface area contributed by atoms with Crippen molar-refractivity contribution in [2.75, 3.05) is 6.54 Å². The van der Waals surface area contributed by atoms with Gasteiger partial charge in [0.25, 0.3) is 0 Å². The van der Waals surface area contributed by atoms with Crippen molar-refractivity contribution in [2.45, 2.75) is 194 Å². The summed E-state index contributed by atoms with van der Waals surface area (Å²) in [5.41, 5.74) is 17.2. The maximum atomic E-state index is 14.0. The van der Waals surface area contributed by atoms with Gasteiger partial charge in [0.2, 0.25) is 53.2 Å². The molecule has 0 aliphatic rings. The van der Waals surface area contributed by atoms with Crippen LogP contribution in [-0.4, -0.2) is 147 Å². The average molecular weight is 1040 g/mol. The zero-order valence-corrected chi connectivity index (χ0v) is 43.7. The van der Waals surface area contributed by atoms with Crippen molar-refractivity contribution in [3.63, 3.8) is 0 Å². The number of carbonyl (C=O) groups is 12. The monoisotopic (exact) mass is 1040 g/mol. The van der Waals surface area contributed by atoms with Crippen molar-refractivity contribution < 1.29 is 72.9 Å². The first-order valence-electron chi connectivity index (χ1n) is 24.8. The molecule has 73 heavy (non-hydrogen) atoms. The molecule has 0 aliphatic carbocycles. The topological polar surface area (TPSA) is 440 Å². The van der Waals surface area contributed by atoms with Crippen LogP contribution < -0.4 is 59.7 Å². The van der Waals surface area contributed by atoms with Crippen LogP contribution in [0, 0.1) is 23.7 Å². The van der Waals surface area contributed by atoms with Crippen LogP contribution >= 0.6 is 0 Å². The number of hydrogen-bond acceptors (Lipinski definition) is 14. The van der Waals surface area contributed by atoms with Crippen molar-refractivity contribution in [1.29, 1.82) is 0 Å². The molecule has 0 aromatic rings. The van der Waals surface area contributed by atoms with E-state index in [0.717, 1.165) is 0 Å². The number of carboxylic acid groups (broad SMARTS) is 3. The quantitative estimate of drug-likeness (QED) is 0.0306. The Balaban J connectivity index is 6.74. The molecular formula is C47H83N11O15. The molecular weight excluding hydrogens is 959 g/mol. The lowest BCUT2D eigenvalue weighted by molar-refractivity contribution is -0.143. The molecule has 0 aromatic heterocycles. The lowest BCUT2D eigenvalue weighted by Gasteiger charge is -2.29. The van der Waals surface area contributed by atoms with E-state index in [0.29, 0.717) is 19.3 Å². The Bertz CT molecular complexity index is 1900. The molecule has 0 saturated heterocycles. The number of aliphatic carboxylic acids is 3. The Morgan fingerprint density at radius 3 is 1.27 bits per heavy atom. The van der Waals surface area contributed by atoms with E-state index < -0.39 is 163 Å². The standard InChI is InChI=1S/C47H83N11O15/c1-10-26(8)38(58-45(70)32(20-24(4)5)55-40(65)28(49)19-23(2)3)46(71)56-33(22-35(50)59)44(69)52-29(13-11-12-18-48)42(67)54-31(15-17-37(62)63)43(68)53-30(14-16-36(60)61)41(66)51-27(9)39(64)57-34(47(72)73)21-25(6)7/h23-34,38H,10-22,48-49H2,1-9H3,(H2,50,59)(H,51,66)(H,52,69)(H,53,68)(H,54,67)(H,55,65)(H,56,71)(H,57,64)(H,58,70)(H,60,61)(H,62,63)(H,72,73)/t26-,27-,28-,29-,30-,31-,32-,33-,34-,38-/m0/s1. The van der Waals surface area contributed by atoms with Gasteiger partial charge in [-0.1, -0.05) is 61.8 Å². The summed E-state index contributed by atoms with van der Waals surface area (Å²) in [5, 5.41) is 47.9. The molecule has 0 spiro atoms. The first kappa shape index (κ1) is 66.6. The molecule has 0 bridgehead atoms. The zero-order valence-electron chi connectivity index (χ0n) is 43.7. The molecule has 0 radical (unpaired) electrons. The largest absolute Gasteiger partial charge is 0.481 e. The number of rotatable bonds is 37. The van der Waals surface area contributed by atoms with Gasteiger partial charge in [-0.05, 0) is 88.5 Å². The summed E-state index contributed by atoms with van der Waals surface area (Å²) in [6.45, 7) is 15.6. The minimum atomic E-state index is -1.75. The molecule has 0 aromatic carbocycles. The van der Waals surface area contributed by atoms with Gasteiger partial charge in [-0.3, -0.25) is 52.7 Å². The number of hydrogen-bond donors (Lipinski definition) is 14. The van der Waals surface area contributed by atoms with Crippen LogP contribution in [0.5, 0.6) is 0 Å². The van der Waals surface area contributed by atoms with Gasteiger partial charge in [0.05, 0.1) is 12.5 Å². The molecule has 9 amide bonds. The third kappa shape index (κ3) is 27.3. The first-order valence-corrected chi connectivity index (χ1v) is 24.8. The Morgan fingerprint density at radius 2 is 0.849 bits per heavy atom. The number of nitrogens with one attached hydrogen (secondary N) is 8. The van der Waals surface area contributed by atoms with E-state index in [-0.39, 0.29) is 50.0 Å². The second kappa shape index (κ2) is 34.1. The number of nitrogens with two attached hydrogens (primary N) is 3. The minimum Gasteiger partial charge on any atom is -0.481 e. The van der Waals surface area contributed by atoms with Gasteiger partial charge >= 0.3 is 17.9 Å². The van der Waals surface area contributed by atoms with E-state index in [4.69, 9.17) is 17.2 Å². The number of primary amides is 1. The highest BCUT2D eigenvalue weighted by molar-refractivity contribution is 5.99. The maximum Gasteiger partial charge on any atom is 0.326 e. The highest BCUT2D eigenvalue weighted by atomic mass is 16.4. The Kier molecular flexibility index (Phi) is 31.1. The summed E-state index contributed by atoms with van der Waals surface area (Å²) in [5.74, 6) is -13.4. The normalized spacial score (nSPS) is 15.4. The van der Waals surface area contributed by atoms with Crippen LogP contribution in [-0.2, 0) is 57.5 Å². The third-order valence-electron chi connectivity index (χ3n) is 11.4. The van der Waals surface area contributed by atoms with Crippen molar-refractivity contribution in [3.8, 4) is 0 Å². The van der Waals surface area contributed by atoms with E-state index >= 15 is 0 Å². The molecule has 10 atom stereocenters. The van der Waals surface area contributed by atoms with Gasteiger partial charge < -0.3 is 75.1 Å². The van der Waals surface area contributed by atoms with Gasteiger partial charge in [0, 0.05) is 12.8 Å². The Hall–Kier alpha value is -6.44. The highest BCUT2D eigenvalue weighted by Crippen LogP contribution is 2.14. The van der Waals surface area contributed by atoms with Gasteiger partial charge in [-0.15, -0.1) is 0 Å². The van der Waals surface area contributed by atoms with Gasteiger partial charge in [-0.25, -0.2) is 4.79 Å². The van der Waals surface area contributed by atoms with E-state index in [9.17, 15) is 72.9 Å². The molecule has 0 aliphatic heterocycles. The second-order valence-electron chi connectivity index (χ2n) is 19.6. The fourth-order valence-electron chi connectivity index (χ4n) is 7.25. The number of carbonyl (C=O) groups excluding carboxylic acids is 9. The highest BCUT2D eigenvalue weighted by Gasteiger charge is 2.36. The van der Waals surface area contributed by atoms with Crippen LogP contribution in [0.2, 0.25) is 0 Å². The summed E-state index contributed by atoms with van der Waals surface area (Å²) in [4.78, 5) is 156. The molecule has 17 N–H and O–H groups in total. The summed E-state index contributed by atoms with van der Waals surface area (Å²) < 4.78 is 0. The fourth-order valence-corrected chi connectivity index (χ4v) is 7.25. The van der Waals surface area contributed by atoms with Crippen molar-refractivity contribution in [3.05, 3.63) is 0 Å². The van der Waals surface area contributed by atoms with E-state index in [2.05, 4.69) is 42.5 Å². The minimum absolute atomic E-state index is 0.0585. The maximum absolute atomic E-state index is 14.0. The zero-order chi connectivity index (χ0) is 56.3. The van der Waals surface area contributed by atoms with Crippen molar-refractivity contribution >= 4 is 71.1 Å². The molecule has 0 heterocycles. The summed E-state index contributed by atoms with van der Waals surface area (Å²) in [7, 11) is 0. The predicted molar refractivity (Wildman–Crippen MR) is 265 cm³/mol. The Labute approximate surface area is 426 Å². The predicted octanol–water partition coefficient (Wildman–Crippen LogP) is -1.79. The number of unbranched alkanes of at least 4 members (excludes halogenated alkanes) is 1. The smallest absolute Gasteiger partial charge is 0.326 e. The summed E-state index contributed by atoms with van der Waals surface area (Å²) in [6, 6.07) is -12.8. The van der Waals surface area contributed by atoms with Crippen LogP contribution in [0.25, 0.3) is 0 Å². The van der Waals surface area contributed by atoms with Crippen LogP contribution in [0.1, 0.15) is 139 Å². The number of carboxylic acids is 3. The van der Waals surface area contributed by atoms with Crippen molar-refractivity contribution in [1.82, 2.24) is 42.5 Å². The fraction of sp³-hybridized carbons (Fsp3) is 0.745. The van der Waals surface area contributed by atoms with Crippen LogP contribution in [0.4, 0.5) is 0 Å². The molecule has 26 heteroatoms. The number of amides is 9. The lowest BCUT2D eigenvalue weighted by atomic mass is 9.96. The summed E-state index contributed by atoms with van der Waals surface area (Å²) >= 11 is 0. The average Bonchev–Trinajstić information content (AvgIpc) is 3.28. The molecule has 0 unspecified atom stereocenters. The SMILES string of the molecule is CC[C@H](C)[C@H](NC(=O)[C@H](CC(C)C)NC(=O)[C@@H](N)CC(C)C)C(=O)N[C@@H](CC(N)=O)C(=O)N[C@@H](CCCCN)C(=O)N[C@@H](CCC(=O)O)C(=O)N[C@@H](CCC(=O)O)C(=O)N[C@@H](C)C(=O)N[C@@H](CC(C)C)C(=O)O. The first-order chi connectivity index (χ1) is 33.9. The molecule has 0 fully saturated rings. The van der Waals surface area contributed by atoms with E-state index in [1.165, 1.54) is 6.92 Å². The summed E-state index contributed by atoms with van der Waals surface area (Å²) in [6.07, 6.45) is -2.06. The van der Waals surface area contributed by atoms with Crippen LogP contribution in [0.3, 0.4) is 0 Å². The van der Waals surface area contributed by atoms with Gasteiger partial charge in [0.1, 0.15) is 48.3 Å². The lowest BCUT2D eigenvalue weighted by Crippen LogP contribution is -2.61. The van der Waals surface area contributed by atoms with E-state index in [1.807, 2.05) is 27.7 Å². The van der Waals surface area contributed by atoms with Crippen LogP contribution in [0.15, 0.2) is 0 Å². The third-order valence-corrected chi connectivity index (χ3v) is 11.4. The van der Waals surface area contributed by atoms with Gasteiger partial charge in [0.15, 0.2) is 0 Å². The van der Waals surface area contributed by atoms with Crippen molar-refractivity contribution in [2.24, 2.45) is 40.9 Å². The van der Waals surface area contributed by atoms with E-state index in [1.54, 1.807) is 27.7 Å².